The van der Waals surface area contributed by atoms with Crippen molar-refractivity contribution in [2.24, 2.45) is 7.05 Å². The Morgan fingerprint density at radius 3 is 2.00 bits per heavy atom. The molecule has 2 aromatic carbocycles. The van der Waals surface area contributed by atoms with Crippen molar-refractivity contribution in [3.8, 4) is 0 Å². The highest BCUT2D eigenvalue weighted by atomic mass is 16.2. The topological polar surface area (TPSA) is 59.0 Å². The van der Waals surface area contributed by atoms with Gasteiger partial charge in [-0.25, -0.2) is 4.79 Å². The molecule has 3 rings (SSSR count). The second-order valence-electron chi connectivity index (χ2n) is 5.23. The van der Waals surface area contributed by atoms with Crippen LogP contribution in [-0.4, -0.2) is 15.8 Å². The van der Waals surface area contributed by atoms with E-state index in [2.05, 4.69) is 15.7 Å². The molecule has 3 aromatic rings. The Balaban J connectivity index is 1.80. The summed E-state index contributed by atoms with van der Waals surface area (Å²) in [6.45, 7) is 0. The molecule has 0 radical (unpaired) electrons. The molecular weight excluding hydrogens is 288 g/mol. The predicted octanol–water partition coefficient (Wildman–Crippen LogP) is 3.33. The zero-order valence-electron chi connectivity index (χ0n) is 12.8. The van der Waals surface area contributed by atoms with Gasteiger partial charge in [0.15, 0.2) is 5.82 Å². The monoisotopic (exact) mass is 306 g/mol. The number of aromatic nitrogens is 2. The first-order chi connectivity index (χ1) is 11.2. The minimum absolute atomic E-state index is 0.221. The maximum Gasteiger partial charge on any atom is 0.321 e. The molecule has 0 aliphatic heterocycles. The number of aryl methyl sites for hydroxylation is 1. The molecule has 1 heterocycles. The number of carbonyl (C=O) groups is 1. The molecule has 0 atom stereocenters. The molecule has 0 aliphatic carbocycles. The summed E-state index contributed by atoms with van der Waals surface area (Å²) in [7, 11) is 1.81. The van der Waals surface area contributed by atoms with Crippen LogP contribution in [0.15, 0.2) is 72.9 Å². The molecule has 0 unspecified atom stereocenters. The fraction of sp³-hybridized carbons (Fsp3) is 0.111. The molecule has 5 nitrogen and oxygen atoms in total. The van der Waals surface area contributed by atoms with Crippen molar-refractivity contribution in [2.75, 3.05) is 5.32 Å². The fourth-order valence-electron chi connectivity index (χ4n) is 2.42. The van der Waals surface area contributed by atoms with Gasteiger partial charge >= 0.3 is 6.03 Å². The van der Waals surface area contributed by atoms with Gasteiger partial charge in [0.05, 0.1) is 6.04 Å². The Morgan fingerprint density at radius 1 is 0.957 bits per heavy atom. The first-order valence-corrected chi connectivity index (χ1v) is 7.39. The second-order valence-corrected chi connectivity index (χ2v) is 5.23. The molecular formula is C18H18N4O. The molecule has 0 fully saturated rings. The van der Waals surface area contributed by atoms with Gasteiger partial charge in [-0.2, -0.15) is 5.10 Å². The lowest BCUT2D eigenvalue weighted by Crippen LogP contribution is -2.33. The average Bonchev–Trinajstić information content (AvgIpc) is 2.99. The lowest BCUT2D eigenvalue weighted by molar-refractivity contribution is 0.250. The van der Waals surface area contributed by atoms with E-state index in [0.29, 0.717) is 5.82 Å². The van der Waals surface area contributed by atoms with Crippen LogP contribution in [0.4, 0.5) is 10.6 Å². The third-order valence-electron chi connectivity index (χ3n) is 3.50. The molecule has 116 valence electrons. The van der Waals surface area contributed by atoms with Gasteiger partial charge in [0, 0.05) is 19.3 Å². The van der Waals surface area contributed by atoms with Crippen LogP contribution in [0.25, 0.3) is 0 Å². The highest BCUT2D eigenvalue weighted by molar-refractivity contribution is 5.88. The van der Waals surface area contributed by atoms with Crippen LogP contribution in [0.1, 0.15) is 17.2 Å². The maximum atomic E-state index is 12.3. The highest BCUT2D eigenvalue weighted by Gasteiger charge is 2.16. The Labute approximate surface area is 135 Å². The number of hydrogen-bond acceptors (Lipinski definition) is 2. The van der Waals surface area contributed by atoms with Crippen LogP contribution in [0.2, 0.25) is 0 Å². The van der Waals surface area contributed by atoms with Crippen LogP contribution in [0.5, 0.6) is 0 Å². The summed E-state index contributed by atoms with van der Waals surface area (Å²) in [6, 6.07) is 21.0. The molecule has 0 saturated heterocycles. The summed E-state index contributed by atoms with van der Waals surface area (Å²) in [4.78, 5) is 12.3. The number of nitrogens with one attached hydrogen (secondary N) is 2. The Hall–Kier alpha value is -3.08. The maximum absolute atomic E-state index is 12.3. The van der Waals surface area contributed by atoms with Gasteiger partial charge in [0.1, 0.15) is 0 Å². The predicted molar refractivity (Wildman–Crippen MR) is 90.1 cm³/mol. The van der Waals surface area contributed by atoms with Crippen molar-refractivity contribution in [3.05, 3.63) is 84.1 Å². The van der Waals surface area contributed by atoms with Gasteiger partial charge in [-0.1, -0.05) is 60.7 Å². The lowest BCUT2D eigenvalue weighted by atomic mass is 9.99. The van der Waals surface area contributed by atoms with E-state index in [1.165, 1.54) is 0 Å². The van der Waals surface area contributed by atoms with Crippen molar-refractivity contribution in [1.29, 1.82) is 0 Å². The number of anilines is 1. The molecule has 5 heteroatoms. The molecule has 0 spiro atoms. The second kappa shape index (κ2) is 6.79. The molecule has 2 N–H and O–H groups in total. The number of hydrogen-bond donors (Lipinski definition) is 2. The summed E-state index contributed by atoms with van der Waals surface area (Å²) < 4.78 is 1.64. The summed E-state index contributed by atoms with van der Waals surface area (Å²) in [5.41, 5.74) is 2.05. The quantitative estimate of drug-likeness (QED) is 0.776. The fourth-order valence-corrected chi connectivity index (χ4v) is 2.42. The SMILES string of the molecule is Cn1ccc(NC(=O)NC(c2ccccc2)c2ccccc2)n1. The van der Waals surface area contributed by atoms with Crippen LogP contribution in [0, 0.1) is 0 Å². The molecule has 1 aromatic heterocycles. The zero-order chi connectivity index (χ0) is 16.1. The van der Waals surface area contributed by atoms with Gasteiger partial charge in [-0.3, -0.25) is 10.00 Å². The van der Waals surface area contributed by atoms with Crippen molar-refractivity contribution in [3.63, 3.8) is 0 Å². The largest absolute Gasteiger partial charge is 0.327 e. The minimum Gasteiger partial charge on any atom is -0.327 e. The van der Waals surface area contributed by atoms with Crippen molar-refractivity contribution >= 4 is 11.8 Å². The standard InChI is InChI=1S/C18H18N4O/c1-22-13-12-16(21-22)19-18(23)20-17(14-8-4-2-5-9-14)15-10-6-3-7-11-15/h2-13,17H,1H3,(H2,19,20,21,23). The Bertz CT molecular complexity index is 728. The van der Waals surface area contributed by atoms with E-state index in [4.69, 9.17) is 0 Å². The summed E-state index contributed by atoms with van der Waals surface area (Å²) in [5.74, 6) is 0.518. The van der Waals surface area contributed by atoms with Gasteiger partial charge in [0.2, 0.25) is 0 Å². The summed E-state index contributed by atoms with van der Waals surface area (Å²) >= 11 is 0. The number of rotatable bonds is 4. The molecule has 2 amide bonds. The van der Waals surface area contributed by atoms with E-state index >= 15 is 0 Å². The van der Waals surface area contributed by atoms with E-state index in [1.54, 1.807) is 24.0 Å². The van der Waals surface area contributed by atoms with Crippen molar-refractivity contribution < 1.29 is 4.79 Å². The Kier molecular flexibility index (Phi) is 4.38. The van der Waals surface area contributed by atoms with Crippen LogP contribution in [-0.2, 0) is 7.05 Å². The molecule has 0 aliphatic rings. The van der Waals surface area contributed by atoms with Crippen molar-refractivity contribution in [2.45, 2.75) is 6.04 Å². The number of urea groups is 1. The molecule has 0 bridgehead atoms. The van der Waals surface area contributed by atoms with Gasteiger partial charge in [-0.15, -0.1) is 0 Å². The number of amides is 2. The zero-order valence-corrected chi connectivity index (χ0v) is 12.8. The normalized spacial score (nSPS) is 10.5. The average molecular weight is 306 g/mol. The van der Waals surface area contributed by atoms with Gasteiger partial charge in [0.25, 0.3) is 0 Å². The lowest BCUT2D eigenvalue weighted by Gasteiger charge is -2.19. The minimum atomic E-state index is -0.290. The first kappa shape index (κ1) is 14.8. The highest BCUT2D eigenvalue weighted by Crippen LogP contribution is 2.21. The van der Waals surface area contributed by atoms with Gasteiger partial charge in [-0.05, 0) is 11.1 Å². The smallest absolute Gasteiger partial charge is 0.321 e. The third kappa shape index (κ3) is 3.77. The number of carbonyl (C=O) groups excluding carboxylic acids is 1. The van der Waals surface area contributed by atoms with Crippen LogP contribution in [0.3, 0.4) is 0 Å². The van der Waals surface area contributed by atoms with E-state index in [0.717, 1.165) is 11.1 Å². The third-order valence-corrected chi connectivity index (χ3v) is 3.50. The van der Waals surface area contributed by atoms with Gasteiger partial charge < -0.3 is 5.32 Å². The number of nitrogens with zero attached hydrogens (tertiary/aromatic N) is 2. The first-order valence-electron chi connectivity index (χ1n) is 7.39. The van der Waals surface area contributed by atoms with E-state index in [1.807, 2.05) is 60.7 Å². The van der Waals surface area contributed by atoms with E-state index in [-0.39, 0.29) is 12.1 Å². The van der Waals surface area contributed by atoms with Crippen LogP contribution >= 0.6 is 0 Å². The molecule has 23 heavy (non-hydrogen) atoms. The molecule has 0 saturated carbocycles. The van der Waals surface area contributed by atoms with E-state index < -0.39 is 0 Å². The summed E-state index contributed by atoms with van der Waals surface area (Å²) in [6.07, 6.45) is 1.78. The van der Waals surface area contributed by atoms with Crippen molar-refractivity contribution in [1.82, 2.24) is 15.1 Å². The summed E-state index contributed by atoms with van der Waals surface area (Å²) in [5, 5.41) is 9.91. The van der Waals surface area contributed by atoms with Crippen LogP contribution < -0.4 is 10.6 Å². The van der Waals surface area contributed by atoms with E-state index in [9.17, 15) is 4.79 Å². The Morgan fingerprint density at radius 2 is 1.52 bits per heavy atom. The number of benzene rings is 2.